The number of carbonyl (C=O) groups is 1. The summed E-state index contributed by atoms with van der Waals surface area (Å²) in [7, 11) is -3.94. The predicted molar refractivity (Wildman–Crippen MR) is 111 cm³/mol. The van der Waals surface area contributed by atoms with E-state index in [0.29, 0.717) is 10.7 Å². The van der Waals surface area contributed by atoms with Gasteiger partial charge >= 0.3 is 0 Å². The number of nitrogens with zero attached hydrogens (tertiary/aromatic N) is 2. The zero-order chi connectivity index (χ0) is 20.5. The van der Waals surface area contributed by atoms with Crippen molar-refractivity contribution < 1.29 is 13.2 Å². The van der Waals surface area contributed by atoms with Crippen LogP contribution in [0.1, 0.15) is 21.5 Å². The maximum atomic E-state index is 12.5. The second-order valence-electron chi connectivity index (χ2n) is 5.93. The highest BCUT2D eigenvalue weighted by Crippen LogP contribution is 2.26. The fourth-order valence-electron chi connectivity index (χ4n) is 2.44. The van der Waals surface area contributed by atoms with Crippen LogP contribution < -0.4 is 10.0 Å². The highest BCUT2D eigenvalue weighted by molar-refractivity contribution is 7.94. The first kappa shape index (κ1) is 20.5. The van der Waals surface area contributed by atoms with Crippen molar-refractivity contribution in [2.45, 2.75) is 18.2 Å². The second-order valence-corrected chi connectivity index (χ2v) is 9.61. The molecule has 0 spiro atoms. The van der Waals surface area contributed by atoms with Crippen LogP contribution in [0.15, 0.2) is 40.7 Å². The highest BCUT2D eigenvalue weighted by Gasteiger charge is 2.22. The molecule has 1 aromatic heterocycles. The Morgan fingerprint density at radius 3 is 2.36 bits per heavy atom. The molecule has 0 bridgehead atoms. The van der Waals surface area contributed by atoms with E-state index in [-0.39, 0.29) is 20.1 Å². The van der Waals surface area contributed by atoms with Crippen LogP contribution in [0.3, 0.4) is 0 Å². The average Bonchev–Trinajstić information content (AvgIpc) is 3.02. The SMILES string of the molecule is Cc1cc(C)cc(NS(=O)(=O)c2nnc(NC(=O)c3ccc(Cl)cc3Cl)s2)c1. The van der Waals surface area contributed by atoms with Crippen molar-refractivity contribution in [1.82, 2.24) is 10.2 Å². The standard InChI is InChI=1S/C17H14Cl2N4O3S2/c1-9-5-10(2)7-12(6-9)23-28(25,26)17-22-21-16(27-17)20-15(24)13-4-3-11(18)8-14(13)19/h3-8,23H,1-2H3,(H,20,21,24). The van der Waals surface area contributed by atoms with Gasteiger partial charge in [0.1, 0.15) is 0 Å². The number of hydrogen-bond donors (Lipinski definition) is 2. The predicted octanol–water partition coefficient (Wildman–Crippen LogP) is 4.51. The summed E-state index contributed by atoms with van der Waals surface area (Å²) in [5.41, 5.74) is 2.44. The Bertz CT molecular complexity index is 1140. The molecule has 0 fully saturated rings. The fourth-order valence-corrected chi connectivity index (χ4v) is 4.87. The number of benzene rings is 2. The lowest BCUT2D eigenvalue weighted by molar-refractivity contribution is 0.102. The quantitative estimate of drug-likeness (QED) is 0.549. The number of anilines is 2. The van der Waals surface area contributed by atoms with Crippen LogP contribution in [0.2, 0.25) is 10.0 Å². The number of hydrogen-bond acceptors (Lipinski definition) is 6. The molecule has 11 heteroatoms. The molecular weight excluding hydrogens is 443 g/mol. The van der Waals surface area contributed by atoms with Crippen LogP contribution >= 0.6 is 34.5 Å². The molecular formula is C17H14Cl2N4O3S2. The Balaban J connectivity index is 1.78. The second kappa shape index (κ2) is 8.04. The zero-order valence-electron chi connectivity index (χ0n) is 14.7. The molecule has 0 saturated heterocycles. The third-order valence-electron chi connectivity index (χ3n) is 3.51. The topological polar surface area (TPSA) is 101 Å². The van der Waals surface area contributed by atoms with Gasteiger partial charge in [0, 0.05) is 10.7 Å². The largest absolute Gasteiger partial charge is 0.296 e. The molecule has 1 heterocycles. The van der Waals surface area contributed by atoms with Crippen molar-refractivity contribution in [3.8, 4) is 0 Å². The van der Waals surface area contributed by atoms with Gasteiger partial charge in [0.05, 0.1) is 10.6 Å². The number of aryl methyl sites for hydroxylation is 2. The van der Waals surface area contributed by atoms with Crippen molar-refractivity contribution in [3.63, 3.8) is 0 Å². The van der Waals surface area contributed by atoms with E-state index in [9.17, 15) is 13.2 Å². The number of amides is 1. The molecule has 0 aliphatic rings. The van der Waals surface area contributed by atoms with Gasteiger partial charge in [-0.3, -0.25) is 14.8 Å². The average molecular weight is 457 g/mol. The van der Waals surface area contributed by atoms with E-state index in [1.165, 1.54) is 18.2 Å². The van der Waals surface area contributed by atoms with E-state index in [0.717, 1.165) is 22.5 Å². The van der Waals surface area contributed by atoms with Gasteiger partial charge in [-0.05, 0) is 55.3 Å². The van der Waals surface area contributed by atoms with Crippen LogP contribution in [0.25, 0.3) is 0 Å². The number of nitrogens with one attached hydrogen (secondary N) is 2. The molecule has 1 amide bonds. The van der Waals surface area contributed by atoms with Crippen molar-refractivity contribution in [3.05, 3.63) is 63.1 Å². The number of halogens is 2. The first-order chi connectivity index (χ1) is 13.1. The van der Waals surface area contributed by atoms with Gasteiger partial charge in [-0.2, -0.15) is 8.42 Å². The minimum atomic E-state index is -3.94. The van der Waals surface area contributed by atoms with Crippen molar-refractivity contribution in [2.75, 3.05) is 10.0 Å². The summed E-state index contributed by atoms with van der Waals surface area (Å²) in [6, 6.07) is 9.75. The molecule has 7 nitrogen and oxygen atoms in total. The Kier molecular flexibility index (Phi) is 5.90. The van der Waals surface area contributed by atoms with Gasteiger partial charge in [0.25, 0.3) is 20.3 Å². The van der Waals surface area contributed by atoms with E-state index in [1.807, 2.05) is 19.9 Å². The molecule has 0 unspecified atom stereocenters. The van der Waals surface area contributed by atoms with E-state index in [2.05, 4.69) is 20.2 Å². The maximum Gasteiger partial charge on any atom is 0.291 e. The summed E-state index contributed by atoms with van der Waals surface area (Å²) in [6.07, 6.45) is 0. The number of aromatic nitrogens is 2. The Morgan fingerprint density at radius 1 is 1.04 bits per heavy atom. The minimum Gasteiger partial charge on any atom is -0.296 e. The Labute approximate surface area is 175 Å². The summed E-state index contributed by atoms with van der Waals surface area (Å²) in [6.45, 7) is 3.73. The van der Waals surface area contributed by atoms with E-state index < -0.39 is 15.9 Å². The number of sulfonamides is 1. The summed E-state index contributed by atoms with van der Waals surface area (Å²) >= 11 is 12.5. The van der Waals surface area contributed by atoms with Gasteiger partial charge in [-0.1, -0.05) is 40.6 Å². The van der Waals surface area contributed by atoms with Crippen LogP contribution in [-0.4, -0.2) is 24.5 Å². The molecule has 28 heavy (non-hydrogen) atoms. The van der Waals surface area contributed by atoms with Crippen molar-refractivity contribution in [1.29, 1.82) is 0 Å². The van der Waals surface area contributed by atoms with Gasteiger partial charge < -0.3 is 0 Å². The molecule has 0 radical (unpaired) electrons. The maximum absolute atomic E-state index is 12.5. The molecule has 0 aliphatic heterocycles. The van der Waals surface area contributed by atoms with Crippen LogP contribution in [0, 0.1) is 13.8 Å². The van der Waals surface area contributed by atoms with E-state index in [1.54, 1.807) is 12.1 Å². The lowest BCUT2D eigenvalue weighted by atomic mass is 10.1. The van der Waals surface area contributed by atoms with Gasteiger partial charge in [0.2, 0.25) is 5.13 Å². The highest BCUT2D eigenvalue weighted by atomic mass is 35.5. The lowest BCUT2D eigenvalue weighted by Crippen LogP contribution is -2.13. The van der Waals surface area contributed by atoms with Crippen molar-refractivity contribution >= 4 is 61.3 Å². The lowest BCUT2D eigenvalue weighted by Gasteiger charge is -2.07. The van der Waals surface area contributed by atoms with Gasteiger partial charge in [0.15, 0.2) is 0 Å². The Hall–Kier alpha value is -2.20. The number of rotatable bonds is 5. The molecule has 3 rings (SSSR count). The van der Waals surface area contributed by atoms with Gasteiger partial charge in [-0.25, -0.2) is 0 Å². The summed E-state index contributed by atoms with van der Waals surface area (Å²) < 4.78 is 27.3. The first-order valence-electron chi connectivity index (χ1n) is 7.85. The van der Waals surface area contributed by atoms with Crippen LogP contribution in [-0.2, 0) is 10.0 Å². The molecule has 3 aromatic rings. The number of carbonyl (C=O) groups excluding carboxylic acids is 1. The minimum absolute atomic E-state index is 0.0248. The molecule has 2 N–H and O–H groups in total. The molecule has 2 aromatic carbocycles. The monoisotopic (exact) mass is 456 g/mol. The smallest absolute Gasteiger partial charge is 0.291 e. The molecule has 0 aliphatic carbocycles. The summed E-state index contributed by atoms with van der Waals surface area (Å²) in [5.74, 6) is -0.552. The fraction of sp³-hybridized carbons (Fsp3) is 0.118. The zero-order valence-corrected chi connectivity index (χ0v) is 17.8. The summed E-state index contributed by atoms with van der Waals surface area (Å²) in [4.78, 5) is 12.3. The van der Waals surface area contributed by atoms with Crippen LogP contribution in [0.5, 0.6) is 0 Å². The van der Waals surface area contributed by atoms with Crippen LogP contribution in [0.4, 0.5) is 10.8 Å². The Morgan fingerprint density at radius 2 is 1.71 bits per heavy atom. The first-order valence-corrected chi connectivity index (χ1v) is 10.9. The third-order valence-corrected chi connectivity index (χ3v) is 6.64. The van der Waals surface area contributed by atoms with Crippen molar-refractivity contribution in [2.24, 2.45) is 0 Å². The molecule has 0 atom stereocenters. The molecule has 0 saturated carbocycles. The third kappa shape index (κ3) is 4.79. The van der Waals surface area contributed by atoms with E-state index in [4.69, 9.17) is 23.2 Å². The van der Waals surface area contributed by atoms with E-state index >= 15 is 0 Å². The summed E-state index contributed by atoms with van der Waals surface area (Å²) in [5, 5.41) is 10.4. The normalized spacial score (nSPS) is 11.3. The van der Waals surface area contributed by atoms with Gasteiger partial charge in [-0.15, -0.1) is 10.2 Å². The molecule has 146 valence electrons.